The molecule has 1 aliphatic heterocycles. The number of aldehydes is 1. The number of ether oxygens (including phenoxy) is 2. The minimum Gasteiger partial charge on any atom is -0.362 e. The molecule has 1 heterocycles. The monoisotopic (exact) mass is 219 g/mol. The van der Waals surface area contributed by atoms with Crippen LogP contribution in [0.4, 0.5) is 0 Å². The van der Waals surface area contributed by atoms with Crippen LogP contribution >= 0.6 is 0 Å². The molecule has 0 atom stereocenters. The number of benzene rings is 1. The van der Waals surface area contributed by atoms with Crippen molar-refractivity contribution in [1.29, 1.82) is 0 Å². The Hall–Kier alpha value is -1.65. The predicted octanol–water partition coefficient (Wildman–Crippen LogP) is 1.15. The Balaban J connectivity index is 2.35. The molecule has 1 aliphatic rings. The molecule has 0 fully saturated rings. The Morgan fingerprint density at radius 3 is 2.75 bits per heavy atom. The lowest BCUT2D eigenvalue weighted by Crippen LogP contribution is -2.24. The molecule has 0 spiro atoms. The van der Waals surface area contributed by atoms with Gasteiger partial charge in [-0.1, -0.05) is 30.3 Å². The molecular formula is C12H13NO3. The van der Waals surface area contributed by atoms with Gasteiger partial charge in [0.05, 0.1) is 12.3 Å². The van der Waals surface area contributed by atoms with Gasteiger partial charge in [-0.3, -0.25) is 4.79 Å². The molecule has 0 unspecified atom stereocenters. The summed E-state index contributed by atoms with van der Waals surface area (Å²) in [6.07, 6.45) is 0.820. The summed E-state index contributed by atoms with van der Waals surface area (Å²) >= 11 is 0. The topological polar surface area (TPSA) is 47.6 Å². The minimum absolute atomic E-state index is 0.201. The average molecular weight is 219 g/mol. The van der Waals surface area contributed by atoms with Crippen molar-refractivity contribution in [1.82, 2.24) is 5.32 Å². The maximum Gasteiger partial charge on any atom is 0.150 e. The summed E-state index contributed by atoms with van der Waals surface area (Å²) in [7, 11) is 0. The first-order valence-electron chi connectivity index (χ1n) is 5.05. The molecule has 0 amide bonds. The summed E-state index contributed by atoms with van der Waals surface area (Å²) in [5, 5.41) is 3.09. The summed E-state index contributed by atoms with van der Waals surface area (Å²) < 4.78 is 10.3. The van der Waals surface area contributed by atoms with E-state index in [1.54, 1.807) is 0 Å². The molecule has 0 aliphatic carbocycles. The lowest BCUT2D eigenvalue weighted by Gasteiger charge is -2.18. The van der Waals surface area contributed by atoms with Gasteiger partial charge in [0.1, 0.15) is 19.8 Å². The van der Waals surface area contributed by atoms with Crippen molar-refractivity contribution in [3.63, 3.8) is 0 Å². The highest BCUT2D eigenvalue weighted by molar-refractivity contribution is 5.87. The molecule has 1 N–H and O–H groups in total. The summed E-state index contributed by atoms with van der Waals surface area (Å²) in [4.78, 5) is 11.0. The van der Waals surface area contributed by atoms with E-state index in [4.69, 9.17) is 9.47 Å². The largest absolute Gasteiger partial charge is 0.362 e. The van der Waals surface area contributed by atoms with Crippen molar-refractivity contribution in [3.8, 4) is 0 Å². The van der Waals surface area contributed by atoms with Crippen LogP contribution in [0.25, 0.3) is 5.70 Å². The highest BCUT2D eigenvalue weighted by atomic mass is 16.7. The van der Waals surface area contributed by atoms with E-state index in [1.165, 1.54) is 0 Å². The van der Waals surface area contributed by atoms with Crippen molar-refractivity contribution in [3.05, 3.63) is 41.5 Å². The highest BCUT2D eigenvalue weighted by Crippen LogP contribution is 2.16. The van der Waals surface area contributed by atoms with Gasteiger partial charge in [-0.25, -0.2) is 0 Å². The SMILES string of the molecule is O=CC1=C(c2ccccc2)NCOCOC1. The van der Waals surface area contributed by atoms with Gasteiger partial charge in [0, 0.05) is 5.57 Å². The Labute approximate surface area is 93.9 Å². The molecule has 0 saturated carbocycles. The maximum atomic E-state index is 11.0. The molecular weight excluding hydrogens is 206 g/mol. The van der Waals surface area contributed by atoms with Gasteiger partial charge in [-0.2, -0.15) is 0 Å². The third-order valence-electron chi connectivity index (χ3n) is 2.30. The number of carbonyl (C=O) groups is 1. The standard InChI is InChI=1S/C12H13NO3/c14-6-11-7-15-9-16-8-13-12(11)10-4-2-1-3-5-10/h1-6,13H,7-9H2. The quantitative estimate of drug-likeness (QED) is 0.758. The Bertz CT molecular complexity index is 387. The highest BCUT2D eigenvalue weighted by Gasteiger charge is 2.11. The molecule has 16 heavy (non-hydrogen) atoms. The van der Waals surface area contributed by atoms with E-state index in [0.29, 0.717) is 12.3 Å². The van der Waals surface area contributed by atoms with E-state index in [2.05, 4.69) is 5.32 Å². The number of hydrogen-bond acceptors (Lipinski definition) is 4. The van der Waals surface area contributed by atoms with Crippen LogP contribution in [0.15, 0.2) is 35.9 Å². The van der Waals surface area contributed by atoms with Gasteiger partial charge >= 0.3 is 0 Å². The summed E-state index contributed by atoms with van der Waals surface area (Å²) in [6, 6.07) is 9.65. The van der Waals surface area contributed by atoms with Crippen molar-refractivity contribution in [2.24, 2.45) is 0 Å². The first kappa shape index (κ1) is 10.9. The normalized spacial score (nSPS) is 17.2. The zero-order valence-corrected chi connectivity index (χ0v) is 8.81. The molecule has 1 aromatic rings. The van der Waals surface area contributed by atoms with Crippen molar-refractivity contribution in [2.75, 3.05) is 20.1 Å². The smallest absolute Gasteiger partial charge is 0.150 e. The summed E-state index contributed by atoms with van der Waals surface area (Å²) in [5.41, 5.74) is 2.34. The second-order valence-electron chi connectivity index (χ2n) is 3.38. The third-order valence-corrected chi connectivity index (χ3v) is 2.30. The van der Waals surface area contributed by atoms with Crippen LogP contribution in [-0.4, -0.2) is 26.4 Å². The minimum atomic E-state index is 0.201. The van der Waals surface area contributed by atoms with Crippen molar-refractivity contribution in [2.45, 2.75) is 0 Å². The number of nitrogens with one attached hydrogen (secondary N) is 1. The van der Waals surface area contributed by atoms with Gasteiger partial charge in [0.25, 0.3) is 0 Å². The second kappa shape index (κ2) is 5.44. The van der Waals surface area contributed by atoms with Crippen LogP contribution in [-0.2, 0) is 14.3 Å². The molecule has 0 radical (unpaired) electrons. The molecule has 84 valence electrons. The first-order valence-corrected chi connectivity index (χ1v) is 5.05. The molecule has 0 aromatic heterocycles. The summed E-state index contributed by atoms with van der Waals surface area (Å²) in [5.74, 6) is 0. The number of carbonyl (C=O) groups excluding carboxylic acids is 1. The second-order valence-corrected chi connectivity index (χ2v) is 3.38. The lowest BCUT2D eigenvalue weighted by molar-refractivity contribution is -0.106. The van der Waals surface area contributed by atoms with Crippen LogP contribution in [0.5, 0.6) is 0 Å². The van der Waals surface area contributed by atoms with Crippen LogP contribution in [0.1, 0.15) is 5.56 Å². The van der Waals surface area contributed by atoms with E-state index in [0.717, 1.165) is 17.5 Å². The van der Waals surface area contributed by atoms with E-state index < -0.39 is 0 Å². The number of rotatable bonds is 2. The lowest BCUT2D eigenvalue weighted by atomic mass is 10.1. The predicted molar refractivity (Wildman–Crippen MR) is 59.3 cm³/mol. The van der Waals surface area contributed by atoms with Gasteiger partial charge in [0.15, 0.2) is 0 Å². The van der Waals surface area contributed by atoms with E-state index in [1.807, 2.05) is 30.3 Å². The van der Waals surface area contributed by atoms with Crippen LogP contribution in [0, 0.1) is 0 Å². The average Bonchev–Trinajstić information content (AvgIpc) is 2.30. The molecule has 2 rings (SSSR count). The third kappa shape index (κ3) is 2.48. The van der Waals surface area contributed by atoms with Gasteiger partial charge in [-0.15, -0.1) is 0 Å². The Morgan fingerprint density at radius 2 is 2.00 bits per heavy atom. The van der Waals surface area contributed by atoms with E-state index in [9.17, 15) is 4.79 Å². The fraction of sp³-hybridized carbons (Fsp3) is 0.250. The Morgan fingerprint density at radius 1 is 1.19 bits per heavy atom. The van der Waals surface area contributed by atoms with Crippen LogP contribution < -0.4 is 5.32 Å². The first-order chi connectivity index (χ1) is 7.92. The Kier molecular flexibility index (Phi) is 3.69. The van der Waals surface area contributed by atoms with Crippen LogP contribution in [0.2, 0.25) is 0 Å². The summed E-state index contributed by atoms with van der Waals surface area (Å²) in [6.45, 7) is 0.800. The number of hydrogen-bond donors (Lipinski definition) is 1. The van der Waals surface area contributed by atoms with Gasteiger partial charge in [0.2, 0.25) is 0 Å². The van der Waals surface area contributed by atoms with Crippen LogP contribution in [0.3, 0.4) is 0 Å². The maximum absolute atomic E-state index is 11.0. The molecule has 4 nitrogen and oxygen atoms in total. The molecule has 1 aromatic carbocycles. The molecule has 0 bridgehead atoms. The molecule has 0 saturated heterocycles. The zero-order valence-electron chi connectivity index (χ0n) is 8.81. The van der Waals surface area contributed by atoms with Gasteiger partial charge in [-0.05, 0) is 5.56 Å². The van der Waals surface area contributed by atoms with Crippen molar-refractivity contribution >= 4 is 12.0 Å². The zero-order chi connectivity index (χ0) is 11.2. The molecule has 4 heteroatoms. The van der Waals surface area contributed by atoms with Gasteiger partial charge < -0.3 is 14.8 Å². The fourth-order valence-corrected chi connectivity index (χ4v) is 1.55. The van der Waals surface area contributed by atoms with E-state index >= 15 is 0 Å². The van der Waals surface area contributed by atoms with E-state index in [-0.39, 0.29) is 13.4 Å². The fourth-order valence-electron chi connectivity index (χ4n) is 1.55. The van der Waals surface area contributed by atoms with Crippen molar-refractivity contribution < 1.29 is 14.3 Å².